The van der Waals surface area contributed by atoms with Crippen molar-refractivity contribution in [1.82, 2.24) is 0 Å². The van der Waals surface area contributed by atoms with E-state index in [9.17, 15) is 0 Å². The van der Waals surface area contributed by atoms with E-state index >= 15 is 0 Å². The van der Waals surface area contributed by atoms with Gasteiger partial charge in [-0.15, -0.1) is 0 Å². The number of anilines is 1. The molecule has 0 bridgehead atoms. The lowest BCUT2D eigenvalue weighted by Crippen LogP contribution is -2.42. The zero-order valence-corrected chi connectivity index (χ0v) is 12.4. The van der Waals surface area contributed by atoms with Gasteiger partial charge in [-0.05, 0) is 43.0 Å². The van der Waals surface area contributed by atoms with Gasteiger partial charge in [-0.25, -0.2) is 0 Å². The third-order valence-electron chi connectivity index (χ3n) is 3.68. The maximum absolute atomic E-state index is 5.89. The second-order valence-corrected chi connectivity index (χ2v) is 5.27. The van der Waals surface area contributed by atoms with Crippen molar-refractivity contribution >= 4 is 5.69 Å². The summed E-state index contributed by atoms with van der Waals surface area (Å²) in [6.07, 6.45) is 0. The van der Waals surface area contributed by atoms with Crippen LogP contribution < -0.4 is 15.4 Å². The van der Waals surface area contributed by atoms with Crippen LogP contribution in [-0.2, 0) is 0 Å². The first-order chi connectivity index (χ1) is 8.42. The van der Waals surface area contributed by atoms with E-state index < -0.39 is 0 Å². The van der Waals surface area contributed by atoms with E-state index in [0.717, 1.165) is 11.4 Å². The maximum atomic E-state index is 5.89. The Morgan fingerprint density at radius 2 is 1.78 bits per heavy atom. The Morgan fingerprint density at radius 1 is 1.22 bits per heavy atom. The number of hydrogen-bond acceptors (Lipinski definition) is 3. The second kappa shape index (κ2) is 6.10. The van der Waals surface area contributed by atoms with Crippen molar-refractivity contribution in [3.8, 4) is 5.75 Å². The van der Waals surface area contributed by atoms with E-state index in [-0.39, 0.29) is 0 Å². The topological polar surface area (TPSA) is 38.5 Å². The molecule has 0 heterocycles. The SMILES string of the molecule is COc1cc(C)c(C)cc1N(C)C(CN)C(C)C. The summed E-state index contributed by atoms with van der Waals surface area (Å²) in [5.41, 5.74) is 9.53. The van der Waals surface area contributed by atoms with Crippen LogP contribution in [-0.4, -0.2) is 26.7 Å². The van der Waals surface area contributed by atoms with E-state index in [0.29, 0.717) is 18.5 Å². The molecule has 1 unspecified atom stereocenters. The van der Waals surface area contributed by atoms with Crippen LogP contribution >= 0.6 is 0 Å². The Kier molecular flexibility index (Phi) is 5.03. The molecule has 1 aromatic carbocycles. The number of rotatable bonds is 5. The van der Waals surface area contributed by atoms with E-state index in [1.807, 2.05) is 0 Å². The maximum Gasteiger partial charge on any atom is 0.142 e. The largest absolute Gasteiger partial charge is 0.495 e. The Bertz CT molecular complexity index is 402. The van der Waals surface area contributed by atoms with Crippen LogP contribution in [0.1, 0.15) is 25.0 Å². The molecule has 0 saturated heterocycles. The predicted molar refractivity (Wildman–Crippen MR) is 78.6 cm³/mol. The molecule has 0 aliphatic heterocycles. The lowest BCUT2D eigenvalue weighted by molar-refractivity contribution is 0.408. The van der Waals surface area contributed by atoms with Crippen LogP contribution in [0.5, 0.6) is 5.75 Å². The van der Waals surface area contributed by atoms with Gasteiger partial charge in [0.2, 0.25) is 0 Å². The molecule has 0 spiro atoms. The summed E-state index contributed by atoms with van der Waals surface area (Å²) >= 11 is 0. The minimum atomic E-state index is 0.320. The molecular weight excluding hydrogens is 224 g/mol. The number of likely N-dealkylation sites (N-methyl/N-ethyl adjacent to an activating group) is 1. The number of ether oxygens (including phenoxy) is 1. The van der Waals surface area contributed by atoms with Crippen molar-refractivity contribution in [2.45, 2.75) is 33.7 Å². The molecule has 1 rings (SSSR count). The van der Waals surface area contributed by atoms with E-state index in [1.165, 1.54) is 11.1 Å². The number of methoxy groups -OCH3 is 1. The summed E-state index contributed by atoms with van der Waals surface area (Å²) in [5, 5.41) is 0. The minimum absolute atomic E-state index is 0.320. The lowest BCUT2D eigenvalue weighted by atomic mass is 10.0. The summed E-state index contributed by atoms with van der Waals surface area (Å²) in [7, 11) is 3.80. The van der Waals surface area contributed by atoms with Gasteiger partial charge >= 0.3 is 0 Å². The van der Waals surface area contributed by atoms with Crippen molar-refractivity contribution in [2.24, 2.45) is 11.7 Å². The minimum Gasteiger partial charge on any atom is -0.495 e. The summed E-state index contributed by atoms with van der Waals surface area (Å²) in [6.45, 7) is 9.26. The quantitative estimate of drug-likeness (QED) is 0.873. The van der Waals surface area contributed by atoms with Gasteiger partial charge in [0.25, 0.3) is 0 Å². The van der Waals surface area contributed by atoms with Crippen LogP contribution in [0.2, 0.25) is 0 Å². The molecule has 3 heteroatoms. The highest BCUT2D eigenvalue weighted by molar-refractivity contribution is 5.62. The second-order valence-electron chi connectivity index (χ2n) is 5.27. The van der Waals surface area contributed by atoms with Crippen LogP contribution in [0.25, 0.3) is 0 Å². The Balaban J connectivity index is 3.18. The fourth-order valence-electron chi connectivity index (χ4n) is 2.27. The average Bonchev–Trinajstić information content (AvgIpc) is 2.32. The molecule has 102 valence electrons. The lowest BCUT2D eigenvalue weighted by Gasteiger charge is -2.33. The van der Waals surface area contributed by atoms with Crippen LogP contribution in [0.3, 0.4) is 0 Å². The summed E-state index contributed by atoms with van der Waals surface area (Å²) in [6, 6.07) is 4.59. The number of nitrogens with zero attached hydrogens (tertiary/aromatic N) is 1. The Hall–Kier alpha value is -1.22. The molecule has 18 heavy (non-hydrogen) atoms. The molecule has 1 aromatic rings. The number of nitrogens with two attached hydrogens (primary N) is 1. The zero-order valence-electron chi connectivity index (χ0n) is 12.4. The van der Waals surface area contributed by atoms with Crippen LogP contribution in [0.15, 0.2) is 12.1 Å². The van der Waals surface area contributed by atoms with Gasteiger partial charge < -0.3 is 15.4 Å². The van der Waals surface area contributed by atoms with Crippen molar-refractivity contribution in [1.29, 1.82) is 0 Å². The monoisotopic (exact) mass is 250 g/mol. The van der Waals surface area contributed by atoms with Gasteiger partial charge in [-0.3, -0.25) is 0 Å². The summed E-state index contributed by atoms with van der Waals surface area (Å²) in [4.78, 5) is 2.23. The summed E-state index contributed by atoms with van der Waals surface area (Å²) in [5.74, 6) is 1.42. The molecule has 3 nitrogen and oxygen atoms in total. The molecule has 0 saturated carbocycles. The number of benzene rings is 1. The highest BCUT2D eigenvalue weighted by Crippen LogP contribution is 2.32. The van der Waals surface area contributed by atoms with E-state index in [1.54, 1.807) is 7.11 Å². The van der Waals surface area contributed by atoms with Gasteiger partial charge in [-0.2, -0.15) is 0 Å². The zero-order chi connectivity index (χ0) is 13.9. The standard InChI is InChI=1S/C15H26N2O/c1-10(2)14(9-16)17(5)13-7-11(3)12(4)8-15(13)18-6/h7-8,10,14H,9,16H2,1-6H3. The molecule has 0 fully saturated rings. The molecule has 0 aliphatic rings. The third-order valence-corrected chi connectivity index (χ3v) is 3.68. The Morgan fingerprint density at radius 3 is 2.22 bits per heavy atom. The molecule has 0 amide bonds. The van der Waals surface area contributed by atoms with Crippen molar-refractivity contribution in [3.63, 3.8) is 0 Å². The van der Waals surface area contributed by atoms with Crippen LogP contribution in [0, 0.1) is 19.8 Å². The fourth-order valence-corrected chi connectivity index (χ4v) is 2.27. The number of aryl methyl sites for hydroxylation is 2. The first-order valence-electron chi connectivity index (χ1n) is 6.50. The highest BCUT2D eigenvalue weighted by Gasteiger charge is 2.20. The van der Waals surface area contributed by atoms with Gasteiger partial charge in [-0.1, -0.05) is 13.8 Å². The molecule has 0 radical (unpaired) electrons. The van der Waals surface area contributed by atoms with Gasteiger partial charge in [0.15, 0.2) is 0 Å². The normalized spacial score (nSPS) is 12.7. The summed E-state index contributed by atoms with van der Waals surface area (Å²) < 4.78 is 5.49. The van der Waals surface area contributed by atoms with Crippen LogP contribution in [0.4, 0.5) is 5.69 Å². The fraction of sp³-hybridized carbons (Fsp3) is 0.600. The van der Waals surface area contributed by atoms with Crippen molar-refractivity contribution in [3.05, 3.63) is 23.3 Å². The molecule has 2 N–H and O–H groups in total. The average molecular weight is 250 g/mol. The van der Waals surface area contributed by atoms with Gasteiger partial charge in [0.05, 0.1) is 12.8 Å². The molecule has 0 aromatic heterocycles. The van der Waals surface area contributed by atoms with E-state index in [4.69, 9.17) is 10.5 Å². The molecule has 0 aliphatic carbocycles. The smallest absolute Gasteiger partial charge is 0.142 e. The third kappa shape index (κ3) is 2.96. The first-order valence-corrected chi connectivity index (χ1v) is 6.50. The highest BCUT2D eigenvalue weighted by atomic mass is 16.5. The van der Waals surface area contributed by atoms with Crippen molar-refractivity contribution < 1.29 is 4.74 Å². The van der Waals surface area contributed by atoms with Crippen molar-refractivity contribution in [2.75, 3.05) is 25.6 Å². The van der Waals surface area contributed by atoms with Gasteiger partial charge in [0, 0.05) is 19.6 Å². The molecule has 1 atom stereocenters. The van der Waals surface area contributed by atoms with Gasteiger partial charge in [0.1, 0.15) is 5.75 Å². The number of hydrogen-bond donors (Lipinski definition) is 1. The van der Waals surface area contributed by atoms with E-state index in [2.05, 4.69) is 51.8 Å². The molecular formula is C15H26N2O. The first kappa shape index (κ1) is 14.8. The Labute approximate surface area is 111 Å². The predicted octanol–water partition coefficient (Wildman–Crippen LogP) is 2.73.